The second-order valence-corrected chi connectivity index (χ2v) is 9.98. The molecule has 5 aromatic rings. The van der Waals surface area contributed by atoms with E-state index in [-0.39, 0.29) is 29.6 Å². The lowest BCUT2D eigenvalue weighted by Crippen LogP contribution is -2.23. The number of carbonyl (C=O) groups is 1. The minimum absolute atomic E-state index is 0.0105. The highest BCUT2D eigenvalue weighted by Crippen LogP contribution is 2.23. The number of halogens is 2. The van der Waals surface area contributed by atoms with Crippen LogP contribution in [0.2, 0.25) is 0 Å². The summed E-state index contributed by atoms with van der Waals surface area (Å²) in [6, 6.07) is 19.1. The molecule has 1 atom stereocenters. The van der Waals surface area contributed by atoms with Crippen LogP contribution in [0.15, 0.2) is 87.3 Å². The lowest BCUT2D eigenvalue weighted by molar-refractivity contribution is -0.116. The average Bonchev–Trinajstić information content (AvgIpc) is 3.26. The quantitative estimate of drug-likeness (QED) is 0.232. The number of fused-ring (bicyclic) bond motifs is 2. The number of carbonyl (C=O) groups excluding carboxylic acids is 1. The predicted octanol–water partition coefficient (Wildman–Crippen LogP) is 6.29. The third kappa shape index (κ3) is 5.02. The van der Waals surface area contributed by atoms with Gasteiger partial charge in [0.05, 0.1) is 22.8 Å². The van der Waals surface area contributed by atoms with Crippen molar-refractivity contribution in [3.05, 3.63) is 105 Å². The van der Waals surface area contributed by atoms with Crippen molar-refractivity contribution >= 4 is 55.5 Å². The topological polar surface area (TPSA) is 81.3 Å². The molecule has 192 valence electrons. The van der Waals surface area contributed by atoms with Crippen molar-refractivity contribution in [1.29, 1.82) is 0 Å². The minimum atomic E-state index is -0.496. The van der Waals surface area contributed by atoms with Gasteiger partial charge in [0.15, 0.2) is 0 Å². The molecular formula is C29H25BrFN5O2. The Hall–Kier alpha value is -4.11. The smallest absolute Gasteiger partial charge is 0.282 e. The molecular weight excluding hydrogens is 549 g/mol. The van der Waals surface area contributed by atoms with E-state index in [1.54, 1.807) is 35.2 Å². The maximum atomic E-state index is 14.0. The van der Waals surface area contributed by atoms with Crippen LogP contribution in [0.3, 0.4) is 0 Å². The first-order valence-electron chi connectivity index (χ1n) is 12.2. The van der Waals surface area contributed by atoms with Crippen LogP contribution in [0, 0.1) is 5.82 Å². The van der Waals surface area contributed by atoms with Crippen LogP contribution >= 0.6 is 15.9 Å². The highest BCUT2D eigenvalue weighted by molar-refractivity contribution is 9.10. The summed E-state index contributed by atoms with van der Waals surface area (Å²) >= 11 is 3.43. The molecule has 9 heteroatoms. The lowest BCUT2D eigenvalue weighted by atomic mass is 10.1. The molecule has 5 rings (SSSR count). The Balaban J connectivity index is 1.53. The van der Waals surface area contributed by atoms with Crippen molar-refractivity contribution < 1.29 is 9.18 Å². The van der Waals surface area contributed by atoms with Crippen LogP contribution in [-0.4, -0.2) is 26.3 Å². The average molecular weight is 574 g/mol. The Morgan fingerprint density at radius 2 is 1.89 bits per heavy atom. The number of benzene rings is 3. The zero-order chi connectivity index (χ0) is 26.8. The standard InChI is InChI=1S/C29H25BrFN5O2/c1-3-18(2)28-34-24-13-12-20(30)14-22(24)29(38)36(28)32-15-19-16-35(26-11-7-4-8-21(19)26)17-27(37)33-25-10-6-5-9-23(25)31/h4-16,18H,3,17H2,1-2H3,(H,33,37)/t18-/m0/s1. The van der Waals surface area contributed by atoms with Crippen LogP contribution < -0.4 is 10.9 Å². The number of nitrogens with zero attached hydrogens (tertiary/aromatic N) is 4. The molecule has 0 aliphatic carbocycles. The third-order valence-electron chi connectivity index (χ3n) is 6.48. The van der Waals surface area contributed by atoms with Crippen molar-refractivity contribution in [3.63, 3.8) is 0 Å². The fraction of sp³-hybridized carbons (Fsp3) is 0.172. The molecule has 2 aromatic heterocycles. The minimum Gasteiger partial charge on any atom is -0.337 e. The summed E-state index contributed by atoms with van der Waals surface area (Å²) < 4.78 is 17.9. The van der Waals surface area contributed by atoms with Gasteiger partial charge in [-0.1, -0.05) is 60.1 Å². The zero-order valence-electron chi connectivity index (χ0n) is 20.9. The first-order valence-corrected chi connectivity index (χ1v) is 13.0. The highest BCUT2D eigenvalue weighted by atomic mass is 79.9. The first-order chi connectivity index (χ1) is 18.4. The monoisotopic (exact) mass is 573 g/mol. The van der Waals surface area contributed by atoms with Gasteiger partial charge in [-0.3, -0.25) is 9.59 Å². The van der Waals surface area contributed by atoms with Crippen LogP contribution in [0.25, 0.3) is 21.8 Å². The van der Waals surface area contributed by atoms with Crippen molar-refractivity contribution in [2.75, 3.05) is 5.32 Å². The maximum absolute atomic E-state index is 14.0. The van der Waals surface area contributed by atoms with Crippen LogP contribution in [-0.2, 0) is 11.3 Å². The Morgan fingerprint density at radius 3 is 2.68 bits per heavy atom. The molecule has 38 heavy (non-hydrogen) atoms. The van der Waals surface area contributed by atoms with Gasteiger partial charge in [-0.2, -0.15) is 9.78 Å². The number of hydrogen-bond acceptors (Lipinski definition) is 4. The second kappa shape index (κ2) is 10.7. The zero-order valence-corrected chi connectivity index (χ0v) is 22.4. The van der Waals surface area contributed by atoms with Gasteiger partial charge in [0, 0.05) is 33.1 Å². The molecule has 0 saturated heterocycles. The molecule has 0 aliphatic rings. The van der Waals surface area contributed by atoms with Gasteiger partial charge in [-0.15, -0.1) is 0 Å². The van der Waals surface area contributed by atoms with Crippen LogP contribution in [0.1, 0.15) is 37.6 Å². The van der Waals surface area contributed by atoms with Gasteiger partial charge < -0.3 is 9.88 Å². The Bertz CT molecular complexity index is 1760. The summed E-state index contributed by atoms with van der Waals surface area (Å²) in [5.41, 5.74) is 2.04. The number of aromatic nitrogens is 3. The van der Waals surface area contributed by atoms with Gasteiger partial charge in [0.1, 0.15) is 18.2 Å². The summed E-state index contributed by atoms with van der Waals surface area (Å²) in [5, 5.41) is 8.54. The van der Waals surface area contributed by atoms with Crippen molar-refractivity contribution in [3.8, 4) is 0 Å². The van der Waals surface area contributed by atoms with Gasteiger partial charge in [-0.25, -0.2) is 9.37 Å². The molecule has 1 amide bonds. The Labute approximate surface area is 226 Å². The van der Waals surface area contributed by atoms with E-state index in [0.29, 0.717) is 16.7 Å². The highest BCUT2D eigenvalue weighted by Gasteiger charge is 2.16. The van der Waals surface area contributed by atoms with Gasteiger partial charge in [0.2, 0.25) is 5.91 Å². The molecule has 1 N–H and O–H groups in total. The molecule has 0 saturated carbocycles. The van der Waals surface area contributed by atoms with Gasteiger partial charge in [0.25, 0.3) is 5.56 Å². The number of hydrogen-bond donors (Lipinski definition) is 1. The van der Waals surface area contributed by atoms with E-state index in [4.69, 9.17) is 4.98 Å². The normalized spacial score (nSPS) is 12.4. The van der Waals surface area contributed by atoms with E-state index in [2.05, 4.69) is 26.3 Å². The molecule has 0 aliphatic heterocycles. The van der Waals surface area contributed by atoms with Crippen LogP contribution in [0.5, 0.6) is 0 Å². The summed E-state index contributed by atoms with van der Waals surface area (Å²) in [6.45, 7) is 4.03. The van der Waals surface area contributed by atoms with E-state index < -0.39 is 5.82 Å². The molecule has 0 fully saturated rings. The van der Waals surface area contributed by atoms with E-state index in [1.165, 1.54) is 16.8 Å². The summed E-state index contributed by atoms with van der Waals surface area (Å²) in [6.07, 6.45) is 4.21. The van der Waals surface area contributed by atoms with Gasteiger partial charge in [-0.05, 0) is 42.8 Å². The van der Waals surface area contributed by atoms with E-state index in [9.17, 15) is 14.0 Å². The molecule has 7 nitrogen and oxygen atoms in total. The Kier molecular flexibility index (Phi) is 7.20. The molecule has 2 heterocycles. The predicted molar refractivity (Wildman–Crippen MR) is 152 cm³/mol. The summed E-state index contributed by atoms with van der Waals surface area (Å²) in [5.74, 6) is -0.267. The third-order valence-corrected chi connectivity index (χ3v) is 6.97. The molecule has 0 radical (unpaired) electrons. The summed E-state index contributed by atoms with van der Waals surface area (Å²) in [7, 11) is 0. The second-order valence-electron chi connectivity index (χ2n) is 9.06. The van der Waals surface area contributed by atoms with E-state index in [1.807, 2.05) is 50.2 Å². The lowest BCUT2D eigenvalue weighted by Gasteiger charge is -2.13. The maximum Gasteiger partial charge on any atom is 0.282 e. The van der Waals surface area contributed by atoms with E-state index in [0.717, 1.165) is 27.4 Å². The fourth-order valence-corrected chi connectivity index (χ4v) is 4.68. The molecule has 3 aromatic carbocycles. The largest absolute Gasteiger partial charge is 0.337 e. The summed E-state index contributed by atoms with van der Waals surface area (Å²) in [4.78, 5) is 30.9. The SMILES string of the molecule is CC[C@H](C)c1nc2ccc(Br)cc2c(=O)n1N=Cc1cn(CC(=O)Nc2ccccc2F)c2ccccc12. The number of rotatable bonds is 7. The Morgan fingerprint density at radius 1 is 1.13 bits per heavy atom. The molecule has 0 spiro atoms. The van der Waals surface area contributed by atoms with Crippen molar-refractivity contribution in [2.24, 2.45) is 5.10 Å². The van der Waals surface area contributed by atoms with Crippen LogP contribution in [0.4, 0.5) is 10.1 Å². The number of nitrogens with one attached hydrogen (secondary N) is 1. The van der Waals surface area contributed by atoms with E-state index >= 15 is 0 Å². The van der Waals surface area contributed by atoms with Gasteiger partial charge >= 0.3 is 0 Å². The number of anilines is 1. The van der Waals surface area contributed by atoms with Crippen molar-refractivity contribution in [2.45, 2.75) is 32.7 Å². The number of amides is 1. The molecule has 0 unspecified atom stereocenters. The number of para-hydroxylation sites is 2. The first kappa shape index (κ1) is 25.5. The molecule has 0 bridgehead atoms. The van der Waals surface area contributed by atoms with Crippen molar-refractivity contribution in [1.82, 2.24) is 14.2 Å². The fourth-order valence-electron chi connectivity index (χ4n) is 4.31.